The molecule has 1 aliphatic heterocycles. The molecule has 1 fully saturated rings. The molecule has 0 atom stereocenters. The number of piperazine rings is 1. The number of carbonyl (C=O) groups is 1. The van der Waals surface area contributed by atoms with E-state index in [1.165, 1.54) is 12.1 Å². The number of rotatable bonds is 3. The van der Waals surface area contributed by atoms with Gasteiger partial charge in [-0.15, -0.1) is 0 Å². The normalized spacial score (nSPS) is 15.0. The second-order valence-electron chi connectivity index (χ2n) is 6.58. The average molecular weight is 389 g/mol. The Morgan fingerprint density at radius 2 is 1.89 bits per heavy atom. The number of nitrogens with zero attached hydrogens (tertiary/aromatic N) is 2. The first-order valence-corrected chi connectivity index (χ1v) is 8.83. The van der Waals surface area contributed by atoms with Crippen molar-refractivity contribution in [1.82, 2.24) is 15.3 Å². The van der Waals surface area contributed by atoms with Crippen molar-refractivity contribution >= 4 is 28.3 Å². The van der Waals surface area contributed by atoms with Crippen LogP contribution in [0.2, 0.25) is 0 Å². The number of hydrogen-bond acceptors (Lipinski definition) is 4. The highest BCUT2D eigenvalue weighted by molar-refractivity contribution is 6.05. The van der Waals surface area contributed by atoms with Crippen molar-refractivity contribution in [2.75, 3.05) is 36.4 Å². The van der Waals surface area contributed by atoms with E-state index in [-0.39, 0.29) is 11.2 Å². The zero-order valence-electron chi connectivity index (χ0n) is 14.8. The van der Waals surface area contributed by atoms with Crippen LogP contribution in [0.4, 0.5) is 24.7 Å². The number of nitrogens with one attached hydrogen (secondary N) is 3. The first kappa shape index (κ1) is 18.3. The third-order valence-corrected chi connectivity index (χ3v) is 4.64. The second kappa shape index (κ2) is 7.16. The Morgan fingerprint density at radius 3 is 2.57 bits per heavy atom. The van der Waals surface area contributed by atoms with Crippen molar-refractivity contribution < 1.29 is 18.0 Å². The Kier molecular flexibility index (Phi) is 4.68. The highest BCUT2D eigenvalue weighted by atomic mass is 19.4. The fourth-order valence-corrected chi connectivity index (χ4v) is 3.17. The number of alkyl halides is 3. The van der Waals surface area contributed by atoms with Crippen LogP contribution >= 0.6 is 0 Å². The lowest BCUT2D eigenvalue weighted by Gasteiger charge is -2.28. The summed E-state index contributed by atoms with van der Waals surface area (Å²) in [6.45, 7) is 3.54. The van der Waals surface area contributed by atoms with Crippen LogP contribution in [0.3, 0.4) is 0 Å². The summed E-state index contributed by atoms with van der Waals surface area (Å²) in [6, 6.07) is 8.45. The Balaban J connectivity index is 1.48. The number of halogens is 3. The number of aromatic nitrogens is 2. The summed E-state index contributed by atoms with van der Waals surface area (Å²) in [6.07, 6.45) is -2.86. The van der Waals surface area contributed by atoms with E-state index < -0.39 is 17.6 Å². The Morgan fingerprint density at radius 1 is 1.11 bits per heavy atom. The number of H-pyrrole nitrogens is 1. The van der Waals surface area contributed by atoms with Crippen molar-refractivity contribution in [1.29, 1.82) is 0 Å². The minimum absolute atomic E-state index is 0.181. The Labute approximate surface area is 158 Å². The van der Waals surface area contributed by atoms with Gasteiger partial charge in [0.2, 0.25) is 0 Å². The first-order chi connectivity index (χ1) is 13.4. The van der Waals surface area contributed by atoms with Crippen molar-refractivity contribution in [3.8, 4) is 0 Å². The molecule has 146 valence electrons. The molecule has 9 heteroatoms. The van der Waals surface area contributed by atoms with Crippen LogP contribution in [-0.4, -0.2) is 42.1 Å². The molecule has 1 amide bonds. The van der Waals surface area contributed by atoms with E-state index in [1.54, 1.807) is 12.3 Å². The topological polar surface area (TPSA) is 73.1 Å². The number of anilines is 2. The van der Waals surface area contributed by atoms with Gasteiger partial charge in [-0.05, 0) is 30.3 Å². The molecule has 0 spiro atoms. The molecule has 0 bridgehead atoms. The average Bonchev–Trinajstić information content (AvgIpc) is 3.12. The number of aromatic amines is 1. The lowest BCUT2D eigenvalue weighted by Crippen LogP contribution is -2.43. The standard InChI is InChI=1S/C19H18F3N5O/c20-19(21,22)13-2-1-12-9-16(26-15(12)10-13)18(28)25-14-3-4-17(24-11-14)27-7-5-23-6-8-27/h1-4,9-11,23,26H,5-8H2,(H,25,28). The lowest BCUT2D eigenvalue weighted by molar-refractivity contribution is -0.137. The van der Waals surface area contributed by atoms with Crippen LogP contribution < -0.4 is 15.5 Å². The molecule has 6 nitrogen and oxygen atoms in total. The summed E-state index contributed by atoms with van der Waals surface area (Å²) in [7, 11) is 0. The maximum absolute atomic E-state index is 12.8. The minimum atomic E-state index is -4.43. The van der Waals surface area contributed by atoms with Crippen LogP contribution in [0.5, 0.6) is 0 Å². The number of benzene rings is 1. The third kappa shape index (κ3) is 3.79. The molecule has 28 heavy (non-hydrogen) atoms. The summed E-state index contributed by atoms with van der Waals surface area (Å²) in [4.78, 5) is 21.7. The van der Waals surface area contributed by atoms with Gasteiger partial charge in [0.25, 0.3) is 5.91 Å². The largest absolute Gasteiger partial charge is 0.416 e. The van der Waals surface area contributed by atoms with E-state index in [9.17, 15) is 18.0 Å². The molecule has 2 aromatic heterocycles. The van der Waals surface area contributed by atoms with Crippen LogP contribution in [0.15, 0.2) is 42.6 Å². The van der Waals surface area contributed by atoms with Crippen molar-refractivity contribution in [3.05, 3.63) is 53.9 Å². The maximum atomic E-state index is 12.8. The predicted octanol–water partition coefficient (Wildman–Crippen LogP) is 3.24. The number of pyridine rings is 1. The molecule has 0 saturated carbocycles. The zero-order chi connectivity index (χ0) is 19.7. The SMILES string of the molecule is O=C(Nc1ccc(N2CCNCC2)nc1)c1cc2ccc(C(F)(F)F)cc2[nH]1. The molecule has 0 radical (unpaired) electrons. The van der Waals surface area contributed by atoms with Gasteiger partial charge >= 0.3 is 6.18 Å². The van der Waals surface area contributed by atoms with Gasteiger partial charge in [-0.1, -0.05) is 6.07 Å². The van der Waals surface area contributed by atoms with Crippen LogP contribution in [0.1, 0.15) is 16.1 Å². The molecule has 3 N–H and O–H groups in total. The van der Waals surface area contributed by atoms with Gasteiger partial charge in [-0.3, -0.25) is 4.79 Å². The van der Waals surface area contributed by atoms with Crippen molar-refractivity contribution in [3.63, 3.8) is 0 Å². The Bertz CT molecular complexity index is 991. The van der Waals surface area contributed by atoms with E-state index in [1.807, 2.05) is 6.07 Å². The highest BCUT2D eigenvalue weighted by Gasteiger charge is 2.30. The molecule has 1 aromatic carbocycles. The van der Waals surface area contributed by atoms with E-state index in [4.69, 9.17) is 0 Å². The number of carbonyl (C=O) groups excluding carboxylic acids is 1. The van der Waals surface area contributed by atoms with E-state index in [2.05, 4.69) is 25.5 Å². The fraction of sp³-hybridized carbons (Fsp3) is 0.263. The van der Waals surface area contributed by atoms with Gasteiger partial charge in [0.1, 0.15) is 11.5 Å². The minimum Gasteiger partial charge on any atom is -0.354 e. The van der Waals surface area contributed by atoms with Gasteiger partial charge in [-0.2, -0.15) is 13.2 Å². The molecule has 0 unspecified atom stereocenters. The highest BCUT2D eigenvalue weighted by Crippen LogP contribution is 2.31. The molecular formula is C19H18F3N5O. The van der Waals surface area contributed by atoms with E-state index in [0.717, 1.165) is 44.1 Å². The van der Waals surface area contributed by atoms with E-state index in [0.29, 0.717) is 11.1 Å². The quantitative estimate of drug-likeness (QED) is 0.643. The third-order valence-electron chi connectivity index (χ3n) is 4.64. The molecule has 0 aliphatic carbocycles. The van der Waals surface area contributed by atoms with Gasteiger partial charge in [0.15, 0.2) is 0 Å². The van der Waals surface area contributed by atoms with Crippen LogP contribution in [0, 0.1) is 0 Å². The van der Waals surface area contributed by atoms with Crippen molar-refractivity contribution in [2.45, 2.75) is 6.18 Å². The molecule has 4 rings (SSSR count). The zero-order valence-corrected chi connectivity index (χ0v) is 14.8. The van der Waals surface area contributed by atoms with Crippen LogP contribution in [0.25, 0.3) is 10.9 Å². The molecule has 3 heterocycles. The number of amides is 1. The smallest absolute Gasteiger partial charge is 0.354 e. The second-order valence-corrected chi connectivity index (χ2v) is 6.58. The van der Waals surface area contributed by atoms with Gasteiger partial charge < -0.3 is 20.5 Å². The van der Waals surface area contributed by atoms with Gasteiger partial charge in [0.05, 0.1) is 17.4 Å². The molecular weight excluding hydrogens is 371 g/mol. The summed E-state index contributed by atoms with van der Waals surface area (Å²) in [5.74, 6) is 0.395. The van der Waals surface area contributed by atoms with Gasteiger partial charge in [-0.25, -0.2) is 4.98 Å². The summed E-state index contributed by atoms with van der Waals surface area (Å²) < 4.78 is 38.5. The number of hydrogen-bond donors (Lipinski definition) is 3. The maximum Gasteiger partial charge on any atom is 0.416 e. The number of fused-ring (bicyclic) bond motifs is 1. The summed E-state index contributed by atoms with van der Waals surface area (Å²) >= 11 is 0. The predicted molar refractivity (Wildman–Crippen MR) is 101 cm³/mol. The van der Waals surface area contributed by atoms with E-state index >= 15 is 0 Å². The lowest BCUT2D eigenvalue weighted by atomic mass is 10.1. The monoisotopic (exact) mass is 389 g/mol. The Hall–Kier alpha value is -3.07. The van der Waals surface area contributed by atoms with Crippen LogP contribution in [-0.2, 0) is 6.18 Å². The van der Waals surface area contributed by atoms with Crippen molar-refractivity contribution in [2.24, 2.45) is 0 Å². The first-order valence-electron chi connectivity index (χ1n) is 8.83. The summed E-state index contributed by atoms with van der Waals surface area (Å²) in [5, 5.41) is 6.51. The molecule has 1 saturated heterocycles. The molecule has 3 aromatic rings. The molecule has 1 aliphatic rings. The summed E-state index contributed by atoms with van der Waals surface area (Å²) in [5.41, 5.74) is 0.188. The fourth-order valence-electron chi connectivity index (χ4n) is 3.17. The van der Waals surface area contributed by atoms with Gasteiger partial charge in [0, 0.05) is 37.1 Å².